The lowest BCUT2D eigenvalue weighted by molar-refractivity contribution is -0.137. The van der Waals surface area contributed by atoms with Crippen molar-refractivity contribution in [2.45, 2.75) is 38.3 Å². The zero-order valence-corrected chi connectivity index (χ0v) is 19.4. The molecular formula is C25H26F3N3O2S. The molecule has 1 aromatic carbocycles. The second kappa shape index (κ2) is 10.5. The van der Waals surface area contributed by atoms with E-state index in [1.807, 2.05) is 12.1 Å². The largest absolute Gasteiger partial charge is 0.416 e. The van der Waals surface area contributed by atoms with Crippen LogP contribution in [0.15, 0.2) is 48.8 Å². The van der Waals surface area contributed by atoms with Crippen molar-refractivity contribution < 1.29 is 22.8 Å². The van der Waals surface area contributed by atoms with Gasteiger partial charge in [0.15, 0.2) is 0 Å². The van der Waals surface area contributed by atoms with Gasteiger partial charge in [-0.3, -0.25) is 14.6 Å². The van der Waals surface area contributed by atoms with Crippen LogP contribution in [0.1, 0.15) is 57.7 Å². The van der Waals surface area contributed by atoms with E-state index in [9.17, 15) is 22.8 Å². The summed E-state index contributed by atoms with van der Waals surface area (Å²) < 4.78 is 39.1. The molecule has 1 fully saturated rings. The van der Waals surface area contributed by atoms with Gasteiger partial charge in [0.05, 0.1) is 15.1 Å². The fraction of sp³-hybridized carbons (Fsp3) is 0.400. The summed E-state index contributed by atoms with van der Waals surface area (Å²) in [6.45, 7) is 1.85. The van der Waals surface area contributed by atoms with Crippen LogP contribution in [0.3, 0.4) is 0 Å². The first-order chi connectivity index (χ1) is 16.3. The smallest absolute Gasteiger partial charge is 0.351 e. The number of nitrogens with zero attached hydrogens (tertiary/aromatic N) is 2. The molecule has 3 heterocycles. The number of piperidine rings is 1. The molecule has 0 saturated carbocycles. The summed E-state index contributed by atoms with van der Waals surface area (Å²) in [5.41, 5.74) is -0.461. The molecule has 1 N–H and O–H groups in total. The van der Waals surface area contributed by atoms with Crippen LogP contribution in [0.4, 0.5) is 13.2 Å². The SMILES string of the molecule is O=C(NCCCCC1CCN(C(=O)c2ccc(C(F)(F)F)cc2)CC1)c1cc2ccncc2s1. The highest BCUT2D eigenvalue weighted by Crippen LogP contribution is 2.30. The minimum absolute atomic E-state index is 0.0590. The molecule has 1 saturated heterocycles. The summed E-state index contributed by atoms with van der Waals surface area (Å²) in [6, 6.07) is 8.19. The number of halogens is 3. The third-order valence-electron chi connectivity index (χ3n) is 6.23. The van der Waals surface area contributed by atoms with Crippen LogP contribution in [-0.2, 0) is 6.18 Å². The highest BCUT2D eigenvalue weighted by atomic mass is 32.1. The number of fused-ring (bicyclic) bond motifs is 1. The van der Waals surface area contributed by atoms with Crippen LogP contribution in [-0.4, -0.2) is 41.3 Å². The Bertz CT molecular complexity index is 1100. The summed E-state index contributed by atoms with van der Waals surface area (Å²) in [7, 11) is 0. The number of carbonyl (C=O) groups excluding carboxylic acids is 2. The average Bonchev–Trinajstić information content (AvgIpc) is 3.28. The van der Waals surface area contributed by atoms with Gasteiger partial charge in [-0.05, 0) is 67.0 Å². The van der Waals surface area contributed by atoms with Gasteiger partial charge in [0.25, 0.3) is 11.8 Å². The van der Waals surface area contributed by atoms with Crippen LogP contribution in [0.5, 0.6) is 0 Å². The van der Waals surface area contributed by atoms with Crippen molar-refractivity contribution in [2.75, 3.05) is 19.6 Å². The van der Waals surface area contributed by atoms with E-state index in [2.05, 4.69) is 10.3 Å². The van der Waals surface area contributed by atoms with Crippen molar-refractivity contribution in [2.24, 2.45) is 5.92 Å². The van der Waals surface area contributed by atoms with Crippen molar-refractivity contribution >= 4 is 33.2 Å². The fourth-order valence-corrected chi connectivity index (χ4v) is 5.20. The molecular weight excluding hydrogens is 463 g/mol. The van der Waals surface area contributed by atoms with Crippen LogP contribution < -0.4 is 5.32 Å². The molecule has 0 unspecified atom stereocenters. The first kappa shape index (κ1) is 24.2. The molecule has 0 aliphatic carbocycles. The Balaban J connectivity index is 1.14. The number of pyridine rings is 1. The summed E-state index contributed by atoms with van der Waals surface area (Å²) in [6.07, 6.45) is 3.76. The molecule has 2 amide bonds. The van der Waals surface area contributed by atoms with Gasteiger partial charge < -0.3 is 10.2 Å². The fourth-order valence-electron chi connectivity index (χ4n) is 4.25. The molecule has 3 aromatic rings. The highest BCUT2D eigenvalue weighted by Gasteiger charge is 2.31. The number of alkyl halides is 3. The summed E-state index contributed by atoms with van der Waals surface area (Å²) in [4.78, 5) is 31.4. The molecule has 4 rings (SSSR count). The lowest BCUT2D eigenvalue weighted by atomic mass is 9.91. The van der Waals surface area contributed by atoms with Crippen molar-refractivity contribution in [1.29, 1.82) is 0 Å². The van der Waals surface area contributed by atoms with Crippen molar-refractivity contribution in [3.05, 3.63) is 64.8 Å². The van der Waals surface area contributed by atoms with Crippen molar-refractivity contribution in [3.63, 3.8) is 0 Å². The zero-order chi connectivity index (χ0) is 24.1. The van der Waals surface area contributed by atoms with Gasteiger partial charge in [-0.2, -0.15) is 13.2 Å². The Labute approximate surface area is 200 Å². The molecule has 180 valence electrons. The Hall–Kier alpha value is -2.94. The molecule has 0 atom stereocenters. The molecule has 0 spiro atoms. The quantitative estimate of drug-likeness (QED) is 0.429. The van der Waals surface area contributed by atoms with E-state index in [1.165, 1.54) is 23.5 Å². The predicted molar refractivity (Wildman–Crippen MR) is 126 cm³/mol. The number of carbonyl (C=O) groups is 2. The molecule has 5 nitrogen and oxygen atoms in total. The molecule has 34 heavy (non-hydrogen) atoms. The van der Waals surface area contributed by atoms with Gasteiger partial charge in [-0.25, -0.2) is 0 Å². The van der Waals surface area contributed by atoms with E-state index in [4.69, 9.17) is 0 Å². The second-order valence-electron chi connectivity index (χ2n) is 8.59. The van der Waals surface area contributed by atoms with E-state index < -0.39 is 11.7 Å². The zero-order valence-electron chi connectivity index (χ0n) is 18.6. The minimum atomic E-state index is -4.40. The Morgan fingerprint density at radius 2 is 1.82 bits per heavy atom. The predicted octanol–water partition coefficient (Wildman–Crippen LogP) is 5.77. The molecule has 9 heteroatoms. The lowest BCUT2D eigenvalue weighted by Crippen LogP contribution is -2.38. The maximum absolute atomic E-state index is 12.7. The Morgan fingerprint density at radius 1 is 1.09 bits per heavy atom. The maximum atomic E-state index is 12.7. The van der Waals surface area contributed by atoms with E-state index in [0.717, 1.165) is 54.3 Å². The molecule has 2 aromatic heterocycles. The number of hydrogen-bond acceptors (Lipinski definition) is 4. The normalized spacial score (nSPS) is 15.0. The van der Waals surface area contributed by atoms with E-state index in [1.54, 1.807) is 17.3 Å². The third-order valence-corrected chi connectivity index (χ3v) is 7.32. The maximum Gasteiger partial charge on any atom is 0.416 e. The number of likely N-dealkylation sites (tertiary alicyclic amines) is 1. The van der Waals surface area contributed by atoms with Crippen LogP contribution in [0, 0.1) is 5.92 Å². The van der Waals surface area contributed by atoms with Gasteiger partial charge in [0, 0.05) is 37.6 Å². The molecule has 0 bridgehead atoms. The monoisotopic (exact) mass is 489 g/mol. The summed E-state index contributed by atoms with van der Waals surface area (Å²) in [5.74, 6) is 0.241. The van der Waals surface area contributed by atoms with Gasteiger partial charge in [-0.15, -0.1) is 11.3 Å². The Kier molecular flexibility index (Phi) is 7.50. The number of rotatable bonds is 7. The van der Waals surface area contributed by atoms with Crippen LogP contribution >= 0.6 is 11.3 Å². The van der Waals surface area contributed by atoms with E-state index in [0.29, 0.717) is 30.4 Å². The second-order valence-corrected chi connectivity index (χ2v) is 9.67. The average molecular weight is 490 g/mol. The lowest BCUT2D eigenvalue weighted by Gasteiger charge is -2.32. The number of aromatic nitrogens is 1. The van der Waals surface area contributed by atoms with Crippen LogP contribution in [0.2, 0.25) is 0 Å². The molecule has 0 radical (unpaired) electrons. The molecule has 1 aliphatic heterocycles. The van der Waals surface area contributed by atoms with Gasteiger partial charge in [-0.1, -0.05) is 12.8 Å². The van der Waals surface area contributed by atoms with Crippen molar-refractivity contribution in [3.8, 4) is 0 Å². The van der Waals surface area contributed by atoms with Crippen LogP contribution in [0.25, 0.3) is 10.1 Å². The minimum Gasteiger partial charge on any atom is -0.351 e. The van der Waals surface area contributed by atoms with Crippen molar-refractivity contribution in [1.82, 2.24) is 15.2 Å². The van der Waals surface area contributed by atoms with Gasteiger partial charge in [0.1, 0.15) is 0 Å². The number of unbranched alkanes of at least 4 members (excludes halogenated alkanes) is 1. The van der Waals surface area contributed by atoms with E-state index in [-0.39, 0.29) is 17.4 Å². The number of benzene rings is 1. The number of thiophene rings is 1. The van der Waals surface area contributed by atoms with Gasteiger partial charge in [0.2, 0.25) is 0 Å². The van der Waals surface area contributed by atoms with E-state index >= 15 is 0 Å². The first-order valence-corrected chi connectivity index (χ1v) is 12.2. The number of nitrogens with one attached hydrogen (secondary N) is 1. The highest BCUT2D eigenvalue weighted by molar-refractivity contribution is 7.20. The standard InChI is InChI=1S/C25H26F3N3O2S/c26-25(27,28)20-6-4-18(5-7-20)24(33)31-13-9-17(10-14-31)3-1-2-11-30-23(32)21-15-19-8-12-29-16-22(19)34-21/h4-8,12,15-17H,1-3,9-11,13-14H2,(H,30,32). The number of hydrogen-bond donors (Lipinski definition) is 1. The Morgan fingerprint density at radius 3 is 2.50 bits per heavy atom. The molecule has 1 aliphatic rings. The summed E-state index contributed by atoms with van der Waals surface area (Å²) in [5, 5.41) is 4.00. The van der Waals surface area contributed by atoms with Gasteiger partial charge >= 0.3 is 6.18 Å². The number of amides is 2. The summed E-state index contributed by atoms with van der Waals surface area (Å²) >= 11 is 1.44. The topological polar surface area (TPSA) is 62.3 Å². The first-order valence-electron chi connectivity index (χ1n) is 11.4. The third kappa shape index (κ3) is 5.94.